The molecule has 62 valence electrons. The summed E-state index contributed by atoms with van der Waals surface area (Å²) in [6.45, 7) is 9.03. The summed E-state index contributed by atoms with van der Waals surface area (Å²) < 4.78 is 5.14. The van der Waals surface area contributed by atoms with Crippen LogP contribution in [0.15, 0.2) is 37.1 Å². The van der Waals surface area contributed by atoms with E-state index in [1.54, 1.807) is 25.3 Å². The van der Waals surface area contributed by atoms with Crippen molar-refractivity contribution >= 4 is 0 Å². The van der Waals surface area contributed by atoms with Gasteiger partial charge in [-0.25, -0.2) is 0 Å². The highest BCUT2D eigenvalue weighted by molar-refractivity contribution is 5.21. The van der Waals surface area contributed by atoms with Crippen molar-refractivity contribution in [2.45, 2.75) is 12.5 Å². The fraction of sp³-hybridized carbons (Fsp3) is 0.333. The van der Waals surface area contributed by atoms with Crippen LogP contribution in [-0.4, -0.2) is 12.7 Å². The van der Waals surface area contributed by atoms with Gasteiger partial charge in [0.05, 0.1) is 0 Å². The lowest BCUT2D eigenvalue weighted by Gasteiger charge is -2.19. The summed E-state index contributed by atoms with van der Waals surface area (Å²) in [4.78, 5) is 0. The Bertz CT molecular complexity index is 184. The Morgan fingerprint density at radius 3 is 2.36 bits per heavy atom. The van der Waals surface area contributed by atoms with Gasteiger partial charge >= 0.3 is 0 Å². The van der Waals surface area contributed by atoms with Gasteiger partial charge in [0.2, 0.25) is 0 Å². The van der Waals surface area contributed by atoms with Crippen molar-refractivity contribution in [2.24, 2.45) is 5.73 Å². The van der Waals surface area contributed by atoms with Crippen LogP contribution in [0.3, 0.4) is 0 Å². The van der Waals surface area contributed by atoms with Crippen LogP contribution < -0.4 is 5.73 Å². The maximum atomic E-state index is 5.53. The first-order chi connectivity index (χ1) is 5.08. The summed E-state index contributed by atoms with van der Waals surface area (Å²) >= 11 is 0. The Morgan fingerprint density at radius 1 is 1.55 bits per heavy atom. The van der Waals surface area contributed by atoms with E-state index in [1.165, 1.54) is 0 Å². The van der Waals surface area contributed by atoms with E-state index in [1.807, 2.05) is 6.92 Å². The molecule has 2 heteroatoms. The molecule has 0 aromatic rings. The summed E-state index contributed by atoms with van der Waals surface area (Å²) in [5, 5.41) is 0. The Labute approximate surface area is 68.0 Å². The SMILES string of the molecule is C=C/C(N)=C\C(C)(C=C)OC. The van der Waals surface area contributed by atoms with E-state index in [2.05, 4.69) is 13.2 Å². The standard InChI is InChI=1S/C9H15NO/c1-5-8(10)7-9(3,6-2)11-4/h5-7H,1-2,10H2,3-4H3/b8-7+. The second-order valence-electron chi connectivity index (χ2n) is 2.44. The van der Waals surface area contributed by atoms with E-state index in [4.69, 9.17) is 10.5 Å². The van der Waals surface area contributed by atoms with Crippen molar-refractivity contribution in [1.82, 2.24) is 0 Å². The summed E-state index contributed by atoms with van der Waals surface area (Å²) in [5.74, 6) is 0. The minimum Gasteiger partial charge on any atom is -0.399 e. The fourth-order valence-corrected chi connectivity index (χ4v) is 0.591. The van der Waals surface area contributed by atoms with Crippen LogP contribution in [0.25, 0.3) is 0 Å². The Balaban J connectivity index is 4.52. The van der Waals surface area contributed by atoms with Gasteiger partial charge in [-0.1, -0.05) is 19.2 Å². The van der Waals surface area contributed by atoms with Gasteiger partial charge < -0.3 is 10.5 Å². The first-order valence-electron chi connectivity index (χ1n) is 3.37. The van der Waals surface area contributed by atoms with E-state index in [-0.39, 0.29) is 0 Å². The van der Waals surface area contributed by atoms with Crippen LogP contribution in [0.1, 0.15) is 6.92 Å². The lowest BCUT2D eigenvalue weighted by Crippen LogP contribution is -2.22. The summed E-state index contributed by atoms with van der Waals surface area (Å²) in [5.41, 5.74) is 5.63. The number of ether oxygens (including phenoxy) is 1. The molecule has 0 aromatic heterocycles. The van der Waals surface area contributed by atoms with E-state index < -0.39 is 5.60 Å². The summed E-state index contributed by atoms with van der Waals surface area (Å²) in [7, 11) is 1.61. The van der Waals surface area contributed by atoms with Crippen molar-refractivity contribution in [3.8, 4) is 0 Å². The molecule has 1 unspecified atom stereocenters. The van der Waals surface area contributed by atoms with Crippen LogP contribution in [0.4, 0.5) is 0 Å². The van der Waals surface area contributed by atoms with E-state index in [9.17, 15) is 0 Å². The molecule has 0 amide bonds. The average Bonchev–Trinajstić information content (AvgIpc) is 2.04. The smallest absolute Gasteiger partial charge is 0.103 e. The quantitative estimate of drug-likeness (QED) is 0.492. The number of hydrogen-bond donors (Lipinski definition) is 1. The molecule has 2 nitrogen and oxygen atoms in total. The number of allylic oxidation sites excluding steroid dienone is 1. The number of hydrogen-bond acceptors (Lipinski definition) is 2. The zero-order valence-corrected chi connectivity index (χ0v) is 7.13. The monoisotopic (exact) mass is 153 g/mol. The molecule has 11 heavy (non-hydrogen) atoms. The number of methoxy groups -OCH3 is 1. The maximum Gasteiger partial charge on any atom is 0.103 e. The molecule has 0 aliphatic carbocycles. The molecule has 0 heterocycles. The molecule has 0 aliphatic rings. The van der Waals surface area contributed by atoms with Crippen molar-refractivity contribution in [3.63, 3.8) is 0 Å². The highest BCUT2D eigenvalue weighted by Crippen LogP contribution is 2.13. The van der Waals surface area contributed by atoms with Crippen molar-refractivity contribution in [2.75, 3.05) is 7.11 Å². The minimum absolute atomic E-state index is 0.488. The molecular formula is C9H15NO. The molecule has 0 radical (unpaired) electrons. The molecule has 0 bridgehead atoms. The summed E-state index contributed by atoms with van der Waals surface area (Å²) in [6.07, 6.45) is 5.01. The lowest BCUT2D eigenvalue weighted by molar-refractivity contribution is 0.0904. The highest BCUT2D eigenvalue weighted by atomic mass is 16.5. The van der Waals surface area contributed by atoms with Crippen LogP contribution in [-0.2, 0) is 4.74 Å². The zero-order valence-electron chi connectivity index (χ0n) is 7.13. The van der Waals surface area contributed by atoms with Gasteiger partial charge in [-0.05, 0) is 19.1 Å². The van der Waals surface area contributed by atoms with E-state index in [0.717, 1.165) is 0 Å². The van der Waals surface area contributed by atoms with Crippen LogP contribution >= 0.6 is 0 Å². The average molecular weight is 153 g/mol. The molecular weight excluding hydrogens is 138 g/mol. The molecule has 2 N–H and O–H groups in total. The number of rotatable bonds is 4. The van der Waals surface area contributed by atoms with Gasteiger partial charge in [0.1, 0.15) is 5.60 Å². The van der Waals surface area contributed by atoms with Crippen molar-refractivity contribution < 1.29 is 4.74 Å². The lowest BCUT2D eigenvalue weighted by atomic mass is 10.1. The molecule has 0 saturated carbocycles. The van der Waals surface area contributed by atoms with Crippen molar-refractivity contribution in [1.29, 1.82) is 0 Å². The Morgan fingerprint density at radius 2 is 2.09 bits per heavy atom. The molecule has 0 fully saturated rings. The molecule has 1 atom stereocenters. The van der Waals surface area contributed by atoms with E-state index >= 15 is 0 Å². The van der Waals surface area contributed by atoms with Gasteiger partial charge in [-0.2, -0.15) is 0 Å². The first-order valence-corrected chi connectivity index (χ1v) is 3.37. The zero-order chi connectivity index (χ0) is 8.91. The van der Waals surface area contributed by atoms with E-state index in [0.29, 0.717) is 5.70 Å². The third-order valence-corrected chi connectivity index (χ3v) is 1.53. The first kappa shape index (κ1) is 9.98. The van der Waals surface area contributed by atoms with Gasteiger partial charge in [0.25, 0.3) is 0 Å². The Hall–Kier alpha value is -1.02. The topological polar surface area (TPSA) is 35.2 Å². The molecule has 0 saturated heterocycles. The van der Waals surface area contributed by atoms with Crippen LogP contribution in [0, 0.1) is 0 Å². The normalized spacial score (nSPS) is 17.1. The maximum absolute atomic E-state index is 5.53. The van der Waals surface area contributed by atoms with Gasteiger partial charge in [-0.3, -0.25) is 0 Å². The van der Waals surface area contributed by atoms with Crippen LogP contribution in [0.2, 0.25) is 0 Å². The largest absolute Gasteiger partial charge is 0.399 e. The summed E-state index contributed by atoms with van der Waals surface area (Å²) in [6, 6.07) is 0. The third kappa shape index (κ3) is 3.05. The molecule has 0 aliphatic heterocycles. The van der Waals surface area contributed by atoms with Gasteiger partial charge in [0, 0.05) is 12.8 Å². The fourth-order valence-electron chi connectivity index (χ4n) is 0.591. The third-order valence-electron chi connectivity index (χ3n) is 1.53. The van der Waals surface area contributed by atoms with Crippen LogP contribution in [0.5, 0.6) is 0 Å². The predicted molar refractivity (Wildman–Crippen MR) is 48.1 cm³/mol. The second kappa shape index (κ2) is 3.98. The van der Waals surface area contributed by atoms with Gasteiger partial charge in [0.15, 0.2) is 0 Å². The molecule has 0 rings (SSSR count). The van der Waals surface area contributed by atoms with Crippen molar-refractivity contribution in [3.05, 3.63) is 37.1 Å². The molecule has 0 aromatic carbocycles. The predicted octanol–water partition coefficient (Wildman–Crippen LogP) is 1.61. The van der Waals surface area contributed by atoms with Gasteiger partial charge in [-0.15, -0.1) is 0 Å². The minimum atomic E-state index is -0.488. The number of nitrogens with two attached hydrogens (primary N) is 1. The Kier molecular flexibility index (Phi) is 3.61. The molecule has 0 spiro atoms. The second-order valence-corrected chi connectivity index (χ2v) is 2.44. The highest BCUT2D eigenvalue weighted by Gasteiger charge is 2.14.